The molecule has 0 unspecified atom stereocenters. The number of nitrogen functional groups attached to an aromatic ring is 1. The SMILES string of the molecule is CC[C@@H]1CCCCN1c1ccc(S(C)(=O)=O)c(N)c1. The van der Waals surface area contributed by atoms with Gasteiger partial charge in [-0.3, -0.25) is 0 Å². The van der Waals surface area contributed by atoms with Crippen LogP contribution in [0.3, 0.4) is 0 Å². The van der Waals surface area contributed by atoms with Crippen LogP contribution in [0.25, 0.3) is 0 Å². The number of sulfone groups is 1. The van der Waals surface area contributed by atoms with Crippen LogP contribution in [-0.2, 0) is 9.84 Å². The van der Waals surface area contributed by atoms with Crippen molar-refractivity contribution in [3.05, 3.63) is 18.2 Å². The Labute approximate surface area is 115 Å². The van der Waals surface area contributed by atoms with Crippen LogP contribution in [-0.4, -0.2) is 27.3 Å². The lowest BCUT2D eigenvalue weighted by atomic mass is 9.99. The first kappa shape index (κ1) is 14.2. The summed E-state index contributed by atoms with van der Waals surface area (Å²) in [5.41, 5.74) is 7.28. The standard InChI is InChI=1S/C14H22N2O2S/c1-3-11-6-4-5-9-16(11)12-7-8-14(13(15)10-12)19(2,17)18/h7-8,10-11H,3-6,9,15H2,1-2H3/t11-/m1/s1. The van der Waals surface area contributed by atoms with Gasteiger partial charge in [0.2, 0.25) is 0 Å². The largest absolute Gasteiger partial charge is 0.398 e. The molecule has 1 fully saturated rings. The molecule has 1 saturated heterocycles. The molecule has 0 radical (unpaired) electrons. The maximum Gasteiger partial charge on any atom is 0.177 e. The second-order valence-corrected chi connectivity index (χ2v) is 7.23. The van der Waals surface area contributed by atoms with Gasteiger partial charge in [0, 0.05) is 24.5 Å². The summed E-state index contributed by atoms with van der Waals surface area (Å²) in [5.74, 6) is 0. The number of anilines is 2. The summed E-state index contributed by atoms with van der Waals surface area (Å²) >= 11 is 0. The number of hydrogen-bond donors (Lipinski definition) is 1. The molecule has 1 aromatic rings. The van der Waals surface area contributed by atoms with E-state index in [1.165, 1.54) is 25.5 Å². The Morgan fingerprint density at radius 3 is 2.68 bits per heavy atom. The van der Waals surface area contributed by atoms with E-state index in [-0.39, 0.29) is 4.90 Å². The van der Waals surface area contributed by atoms with E-state index in [0.29, 0.717) is 11.7 Å². The minimum absolute atomic E-state index is 0.223. The third-order valence-corrected chi connectivity index (χ3v) is 4.99. The third kappa shape index (κ3) is 3.03. The van der Waals surface area contributed by atoms with E-state index in [9.17, 15) is 8.42 Å². The predicted molar refractivity (Wildman–Crippen MR) is 79.2 cm³/mol. The highest BCUT2D eigenvalue weighted by Crippen LogP contribution is 2.30. The zero-order chi connectivity index (χ0) is 14.0. The summed E-state index contributed by atoms with van der Waals surface area (Å²) in [7, 11) is -3.24. The zero-order valence-corrected chi connectivity index (χ0v) is 12.4. The second-order valence-electron chi connectivity index (χ2n) is 5.25. The molecule has 5 heteroatoms. The Hall–Kier alpha value is -1.23. The lowest BCUT2D eigenvalue weighted by Gasteiger charge is -2.37. The molecule has 2 rings (SSSR count). The van der Waals surface area contributed by atoms with Gasteiger partial charge in [0.1, 0.15) is 0 Å². The maximum atomic E-state index is 11.6. The number of benzene rings is 1. The van der Waals surface area contributed by atoms with Crippen molar-refractivity contribution in [3.63, 3.8) is 0 Å². The molecule has 1 atom stereocenters. The van der Waals surface area contributed by atoms with Gasteiger partial charge in [-0.15, -0.1) is 0 Å². The van der Waals surface area contributed by atoms with Crippen molar-refractivity contribution in [2.75, 3.05) is 23.4 Å². The zero-order valence-electron chi connectivity index (χ0n) is 11.6. The first-order chi connectivity index (χ1) is 8.93. The molecule has 0 amide bonds. The van der Waals surface area contributed by atoms with Crippen LogP contribution in [0.5, 0.6) is 0 Å². The van der Waals surface area contributed by atoms with E-state index in [0.717, 1.165) is 18.7 Å². The Balaban J connectivity index is 2.33. The lowest BCUT2D eigenvalue weighted by molar-refractivity contribution is 0.450. The monoisotopic (exact) mass is 282 g/mol. The first-order valence-corrected chi connectivity index (χ1v) is 8.69. The smallest absolute Gasteiger partial charge is 0.177 e. The molecular formula is C14H22N2O2S. The van der Waals surface area contributed by atoms with Crippen LogP contribution in [0.4, 0.5) is 11.4 Å². The molecule has 0 saturated carbocycles. The van der Waals surface area contributed by atoms with Gasteiger partial charge in [-0.1, -0.05) is 6.92 Å². The Bertz CT molecular complexity index is 555. The summed E-state index contributed by atoms with van der Waals surface area (Å²) in [4.78, 5) is 2.58. The van der Waals surface area contributed by atoms with Crippen LogP contribution in [0.1, 0.15) is 32.6 Å². The molecule has 1 aliphatic rings. The summed E-state index contributed by atoms with van der Waals surface area (Å²) in [6.07, 6.45) is 5.95. The van der Waals surface area contributed by atoms with E-state index < -0.39 is 9.84 Å². The van der Waals surface area contributed by atoms with Crippen molar-refractivity contribution in [2.24, 2.45) is 0 Å². The molecule has 4 nitrogen and oxygen atoms in total. The van der Waals surface area contributed by atoms with Crippen molar-refractivity contribution in [2.45, 2.75) is 43.5 Å². The third-order valence-electron chi connectivity index (χ3n) is 3.82. The fraction of sp³-hybridized carbons (Fsp3) is 0.571. The molecule has 0 bridgehead atoms. The van der Waals surface area contributed by atoms with Crippen LogP contribution in [0.15, 0.2) is 23.1 Å². The van der Waals surface area contributed by atoms with Gasteiger partial charge in [0.05, 0.1) is 10.6 Å². The van der Waals surface area contributed by atoms with Gasteiger partial charge in [-0.25, -0.2) is 8.42 Å². The molecule has 0 aromatic heterocycles. The summed E-state index contributed by atoms with van der Waals surface area (Å²) in [6, 6.07) is 5.84. The molecule has 106 valence electrons. The average Bonchev–Trinajstić information content (AvgIpc) is 2.37. The molecule has 2 N–H and O–H groups in total. The number of nitrogens with two attached hydrogens (primary N) is 1. The summed E-state index contributed by atoms with van der Waals surface area (Å²) in [5, 5.41) is 0. The minimum Gasteiger partial charge on any atom is -0.398 e. The average molecular weight is 282 g/mol. The summed E-state index contributed by atoms with van der Waals surface area (Å²) < 4.78 is 23.1. The molecule has 0 spiro atoms. The van der Waals surface area contributed by atoms with Crippen molar-refractivity contribution >= 4 is 21.2 Å². The minimum atomic E-state index is -3.24. The Morgan fingerprint density at radius 1 is 1.37 bits per heavy atom. The van der Waals surface area contributed by atoms with Gasteiger partial charge >= 0.3 is 0 Å². The highest BCUT2D eigenvalue weighted by molar-refractivity contribution is 7.90. The van der Waals surface area contributed by atoms with E-state index in [4.69, 9.17) is 5.73 Å². The number of piperidine rings is 1. The van der Waals surface area contributed by atoms with Crippen LogP contribution in [0.2, 0.25) is 0 Å². The molecular weight excluding hydrogens is 260 g/mol. The van der Waals surface area contributed by atoms with Crippen LogP contribution >= 0.6 is 0 Å². The molecule has 19 heavy (non-hydrogen) atoms. The topological polar surface area (TPSA) is 63.4 Å². The normalized spacial score (nSPS) is 20.5. The van der Waals surface area contributed by atoms with Crippen molar-refractivity contribution in [3.8, 4) is 0 Å². The summed E-state index contributed by atoms with van der Waals surface area (Å²) in [6.45, 7) is 3.22. The van der Waals surface area contributed by atoms with Crippen molar-refractivity contribution in [1.82, 2.24) is 0 Å². The molecule has 0 aliphatic carbocycles. The number of rotatable bonds is 3. The van der Waals surface area contributed by atoms with Crippen molar-refractivity contribution < 1.29 is 8.42 Å². The number of nitrogens with zero attached hydrogens (tertiary/aromatic N) is 1. The molecule has 1 aromatic carbocycles. The predicted octanol–water partition coefficient (Wildman–Crippen LogP) is 2.44. The Morgan fingerprint density at radius 2 is 2.11 bits per heavy atom. The first-order valence-electron chi connectivity index (χ1n) is 6.79. The maximum absolute atomic E-state index is 11.6. The highest BCUT2D eigenvalue weighted by atomic mass is 32.2. The van der Waals surface area contributed by atoms with Gasteiger partial charge in [-0.2, -0.15) is 0 Å². The Kier molecular flexibility index (Phi) is 4.04. The van der Waals surface area contributed by atoms with E-state index in [1.54, 1.807) is 12.1 Å². The lowest BCUT2D eigenvalue weighted by Crippen LogP contribution is -2.39. The fourth-order valence-electron chi connectivity index (χ4n) is 2.82. The van der Waals surface area contributed by atoms with Crippen LogP contribution in [0, 0.1) is 0 Å². The van der Waals surface area contributed by atoms with E-state index >= 15 is 0 Å². The fourth-order valence-corrected chi connectivity index (χ4v) is 3.62. The van der Waals surface area contributed by atoms with Crippen LogP contribution < -0.4 is 10.6 Å². The molecule has 1 heterocycles. The number of hydrogen-bond acceptors (Lipinski definition) is 4. The second kappa shape index (κ2) is 5.41. The van der Waals surface area contributed by atoms with E-state index in [1.807, 2.05) is 6.07 Å². The van der Waals surface area contributed by atoms with E-state index in [2.05, 4.69) is 11.8 Å². The van der Waals surface area contributed by atoms with Gasteiger partial charge in [-0.05, 0) is 43.9 Å². The quantitative estimate of drug-likeness (QED) is 0.865. The van der Waals surface area contributed by atoms with Gasteiger partial charge < -0.3 is 10.6 Å². The van der Waals surface area contributed by atoms with Gasteiger partial charge in [0.25, 0.3) is 0 Å². The van der Waals surface area contributed by atoms with Crippen molar-refractivity contribution in [1.29, 1.82) is 0 Å². The molecule has 1 aliphatic heterocycles. The van der Waals surface area contributed by atoms with Gasteiger partial charge in [0.15, 0.2) is 9.84 Å². The highest BCUT2D eigenvalue weighted by Gasteiger charge is 2.22.